The third-order valence-corrected chi connectivity index (χ3v) is 2.73. The molecule has 2 N–H and O–H groups in total. The van der Waals surface area contributed by atoms with Crippen LogP contribution in [0.5, 0.6) is 0 Å². The third-order valence-electron chi connectivity index (χ3n) is 2.73. The second-order valence-corrected chi connectivity index (χ2v) is 4.48. The van der Waals surface area contributed by atoms with Gasteiger partial charge in [-0.05, 0) is 19.8 Å². The third kappa shape index (κ3) is 4.81. The molecule has 1 saturated heterocycles. The minimum Gasteiger partial charge on any atom is -0.378 e. The Balaban J connectivity index is 2.04. The van der Waals surface area contributed by atoms with Crippen molar-refractivity contribution in [3.8, 4) is 0 Å². The molecule has 0 aromatic carbocycles. The molecule has 0 bridgehead atoms. The summed E-state index contributed by atoms with van der Waals surface area (Å²) in [7, 11) is 3.48. The van der Waals surface area contributed by atoms with Crippen molar-refractivity contribution in [1.29, 1.82) is 0 Å². The minimum atomic E-state index is -0.0397. The van der Waals surface area contributed by atoms with Crippen LogP contribution in [0.3, 0.4) is 0 Å². The molecular weight excluding hydrogens is 206 g/mol. The van der Waals surface area contributed by atoms with E-state index in [2.05, 4.69) is 17.6 Å². The molecule has 1 heterocycles. The van der Waals surface area contributed by atoms with Crippen LogP contribution in [-0.2, 0) is 4.74 Å². The molecule has 5 heteroatoms. The summed E-state index contributed by atoms with van der Waals surface area (Å²) in [6.07, 6.45) is 2.47. The van der Waals surface area contributed by atoms with Crippen LogP contribution in [0.4, 0.5) is 4.79 Å². The molecule has 94 valence electrons. The Hall–Kier alpha value is -0.810. The van der Waals surface area contributed by atoms with Gasteiger partial charge >= 0.3 is 6.03 Å². The van der Waals surface area contributed by atoms with Gasteiger partial charge in [-0.15, -0.1) is 0 Å². The van der Waals surface area contributed by atoms with Gasteiger partial charge in [-0.25, -0.2) is 4.79 Å². The molecule has 2 amide bonds. The van der Waals surface area contributed by atoms with Crippen LogP contribution >= 0.6 is 0 Å². The van der Waals surface area contributed by atoms with E-state index in [1.165, 1.54) is 4.90 Å². The summed E-state index contributed by atoms with van der Waals surface area (Å²) in [5, 5.41) is 6.26. The Morgan fingerprint density at radius 2 is 2.19 bits per heavy atom. The molecule has 5 nitrogen and oxygen atoms in total. The van der Waals surface area contributed by atoms with E-state index >= 15 is 0 Å². The zero-order valence-electron chi connectivity index (χ0n) is 10.5. The van der Waals surface area contributed by atoms with Crippen LogP contribution in [0.25, 0.3) is 0 Å². The van der Waals surface area contributed by atoms with E-state index in [1.807, 2.05) is 0 Å². The van der Waals surface area contributed by atoms with Gasteiger partial charge in [-0.2, -0.15) is 0 Å². The number of rotatable bonds is 4. The number of nitrogens with one attached hydrogen (secondary N) is 2. The lowest BCUT2D eigenvalue weighted by atomic mass is 10.0. The Bertz CT molecular complexity index is 221. The lowest BCUT2D eigenvalue weighted by molar-refractivity contribution is 0.0135. The molecule has 1 fully saturated rings. The molecule has 2 atom stereocenters. The number of amides is 2. The quantitative estimate of drug-likeness (QED) is 0.687. The van der Waals surface area contributed by atoms with Crippen LogP contribution < -0.4 is 10.6 Å². The normalized spacial score (nSPS) is 25.2. The lowest BCUT2D eigenvalue weighted by Gasteiger charge is -2.28. The van der Waals surface area contributed by atoms with Crippen molar-refractivity contribution >= 4 is 6.03 Å². The van der Waals surface area contributed by atoms with Gasteiger partial charge in [0, 0.05) is 39.8 Å². The van der Waals surface area contributed by atoms with Gasteiger partial charge in [0.25, 0.3) is 0 Å². The number of hydrogen-bond acceptors (Lipinski definition) is 3. The Morgan fingerprint density at radius 1 is 1.44 bits per heavy atom. The Labute approximate surface area is 97.5 Å². The van der Waals surface area contributed by atoms with E-state index in [9.17, 15) is 4.79 Å². The van der Waals surface area contributed by atoms with E-state index in [1.54, 1.807) is 14.1 Å². The molecule has 2 unspecified atom stereocenters. The maximum Gasteiger partial charge on any atom is 0.316 e. The van der Waals surface area contributed by atoms with E-state index in [0.717, 1.165) is 26.0 Å². The van der Waals surface area contributed by atoms with E-state index in [-0.39, 0.29) is 6.03 Å². The van der Waals surface area contributed by atoms with Gasteiger partial charge in [0.15, 0.2) is 0 Å². The topological polar surface area (TPSA) is 53.6 Å². The van der Waals surface area contributed by atoms with Gasteiger partial charge in [-0.3, -0.25) is 0 Å². The highest BCUT2D eigenvalue weighted by Gasteiger charge is 2.18. The molecule has 0 spiro atoms. The summed E-state index contributed by atoms with van der Waals surface area (Å²) in [5.74, 6) is 0. The Kier molecular flexibility index (Phi) is 5.55. The highest BCUT2D eigenvalue weighted by atomic mass is 16.5. The lowest BCUT2D eigenvalue weighted by Crippen LogP contribution is -2.43. The van der Waals surface area contributed by atoms with Crippen molar-refractivity contribution in [2.45, 2.75) is 31.9 Å². The standard InChI is InChI=1S/C11H23N3O2/c1-9-8-10(4-7-16-9)12-5-6-13-11(15)14(2)3/h9-10,12H,4-8H2,1-3H3,(H,13,15). The first kappa shape index (κ1) is 13.3. The van der Waals surface area contributed by atoms with Crippen molar-refractivity contribution in [1.82, 2.24) is 15.5 Å². The number of hydrogen-bond donors (Lipinski definition) is 2. The van der Waals surface area contributed by atoms with E-state index < -0.39 is 0 Å². The first-order valence-corrected chi connectivity index (χ1v) is 5.89. The van der Waals surface area contributed by atoms with Crippen LogP contribution in [0.2, 0.25) is 0 Å². The smallest absolute Gasteiger partial charge is 0.316 e. The molecule has 0 aromatic heterocycles. The van der Waals surface area contributed by atoms with Crippen molar-refractivity contribution < 1.29 is 9.53 Å². The molecule has 16 heavy (non-hydrogen) atoms. The number of carbonyl (C=O) groups is 1. The number of urea groups is 1. The van der Waals surface area contributed by atoms with E-state index in [4.69, 9.17) is 4.74 Å². The van der Waals surface area contributed by atoms with Gasteiger partial charge < -0.3 is 20.3 Å². The fourth-order valence-electron chi connectivity index (χ4n) is 1.79. The predicted octanol–water partition coefficient (Wildman–Crippen LogP) is 0.415. The van der Waals surface area contributed by atoms with Crippen molar-refractivity contribution in [2.24, 2.45) is 0 Å². The largest absolute Gasteiger partial charge is 0.378 e. The SMILES string of the molecule is CC1CC(NCCNC(=O)N(C)C)CCO1. The summed E-state index contributed by atoms with van der Waals surface area (Å²) < 4.78 is 5.47. The van der Waals surface area contributed by atoms with Crippen LogP contribution in [-0.4, -0.2) is 56.9 Å². The number of carbonyl (C=O) groups excluding carboxylic acids is 1. The fraction of sp³-hybridized carbons (Fsp3) is 0.909. The van der Waals surface area contributed by atoms with Crippen LogP contribution in [0.1, 0.15) is 19.8 Å². The molecular formula is C11H23N3O2. The molecule has 1 aliphatic heterocycles. The second kappa shape index (κ2) is 6.70. The zero-order valence-corrected chi connectivity index (χ0v) is 10.5. The summed E-state index contributed by atoms with van der Waals surface area (Å²) in [6, 6.07) is 0.488. The highest BCUT2D eigenvalue weighted by molar-refractivity contribution is 5.73. The fourth-order valence-corrected chi connectivity index (χ4v) is 1.79. The van der Waals surface area contributed by atoms with Crippen molar-refractivity contribution in [2.75, 3.05) is 33.8 Å². The summed E-state index contributed by atoms with van der Waals surface area (Å²) >= 11 is 0. The van der Waals surface area contributed by atoms with Gasteiger partial charge in [-0.1, -0.05) is 0 Å². The average Bonchev–Trinajstić information content (AvgIpc) is 2.24. The van der Waals surface area contributed by atoms with Crippen LogP contribution in [0, 0.1) is 0 Å². The molecule has 1 aliphatic rings. The maximum atomic E-state index is 11.2. The van der Waals surface area contributed by atoms with Crippen molar-refractivity contribution in [3.05, 3.63) is 0 Å². The highest BCUT2D eigenvalue weighted by Crippen LogP contribution is 2.12. The maximum absolute atomic E-state index is 11.2. The predicted molar refractivity (Wildman–Crippen MR) is 63.5 cm³/mol. The zero-order chi connectivity index (χ0) is 12.0. The molecule has 1 rings (SSSR count). The second-order valence-electron chi connectivity index (χ2n) is 4.48. The average molecular weight is 229 g/mol. The Morgan fingerprint density at radius 3 is 2.81 bits per heavy atom. The molecule has 0 aromatic rings. The number of ether oxygens (including phenoxy) is 1. The molecule has 0 aliphatic carbocycles. The van der Waals surface area contributed by atoms with Gasteiger partial charge in [0.2, 0.25) is 0 Å². The number of nitrogens with zero attached hydrogens (tertiary/aromatic N) is 1. The van der Waals surface area contributed by atoms with Crippen molar-refractivity contribution in [3.63, 3.8) is 0 Å². The van der Waals surface area contributed by atoms with Crippen LogP contribution in [0.15, 0.2) is 0 Å². The first-order valence-electron chi connectivity index (χ1n) is 5.89. The summed E-state index contributed by atoms with van der Waals surface area (Å²) in [6.45, 7) is 4.42. The van der Waals surface area contributed by atoms with Gasteiger partial charge in [0.1, 0.15) is 0 Å². The summed E-state index contributed by atoms with van der Waals surface area (Å²) in [4.78, 5) is 12.8. The molecule has 0 radical (unpaired) electrons. The minimum absolute atomic E-state index is 0.0397. The summed E-state index contributed by atoms with van der Waals surface area (Å²) in [5.41, 5.74) is 0. The van der Waals surface area contributed by atoms with Gasteiger partial charge in [0.05, 0.1) is 6.10 Å². The monoisotopic (exact) mass is 229 g/mol. The van der Waals surface area contributed by atoms with E-state index in [0.29, 0.717) is 18.7 Å². The molecule has 0 saturated carbocycles. The first-order chi connectivity index (χ1) is 7.59.